The van der Waals surface area contributed by atoms with Crippen LogP contribution in [0.4, 0.5) is 5.82 Å². The minimum absolute atomic E-state index is 0.0936. The van der Waals surface area contributed by atoms with Crippen LogP contribution in [0.2, 0.25) is 0 Å². The van der Waals surface area contributed by atoms with Gasteiger partial charge in [-0.05, 0) is 37.9 Å². The molecule has 0 bridgehead atoms. The van der Waals surface area contributed by atoms with E-state index in [2.05, 4.69) is 15.2 Å². The molecule has 1 unspecified atom stereocenters. The number of carbonyl (C=O) groups excluding carboxylic acids is 1. The Bertz CT molecular complexity index is 419. The van der Waals surface area contributed by atoms with Gasteiger partial charge in [-0.2, -0.15) is 0 Å². The summed E-state index contributed by atoms with van der Waals surface area (Å²) in [5.74, 6) is 0.756. The largest absolute Gasteiger partial charge is 0.465 e. The van der Waals surface area contributed by atoms with E-state index in [1.807, 2.05) is 32.3 Å². The third-order valence-electron chi connectivity index (χ3n) is 3.39. The van der Waals surface area contributed by atoms with E-state index in [0.717, 1.165) is 37.3 Å². The van der Waals surface area contributed by atoms with Crippen LogP contribution in [0.25, 0.3) is 0 Å². The molecule has 1 aliphatic heterocycles. The van der Waals surface area contributed by atoms with E-state index in [1.54, 1.807) is 0 Å². The third kappa shape index (κ3) is 3.44. The fourth-order valence-corrected chi connectivity index (χ4v) is 2.42. The molecule has 2 rings (SSSR count). The summed E-state index contributed by atoms with van der Waals surface area (Å²) in [5, 5.41) is 2.99. The van der Waals surface area contributed by atoms with Crippen molar-refractivity contribution in [3.05, 3.63) is 23.9 Å². The van der Waals surface area contributed by atoms with Gasteiger partial charge in [0.25, 0.3) is 0 Å². The molecule has 5 heteroatoms. The highest BCUT2D eigenvalue weighted by molar-refractivity contribution is 5.76. The summed E-state index contributed by atoms with van der Waals surface area (Å²) in [6.45, 7) is 3.98. The highest BCUT2D eigenvalue weighted by Crippen LogP contribution is 2.21. The van der Waals surface area contributed by atoms with E-state index in [4.69, 9.17) is 4.74 Å². The van der Waals surface area contributed by atoms with Crippen LogP contribution in [0.15, 0.2) is 18.3 Å². The summed E-state index contributed by atoms with van der Waals surface area (Å²) in [7, 11) is 1.85. The van der Waals surface area contributed by atoms with Crippen molar-refractivity contribution in [2.45, 2.75) is 32.4 Å². The van der Waals surface area contributed by atoms with Crippen molar-refractivity contribution in [2.75, 3.05) is 25.5 Å². The molecule has 0 aliphatic carbocycles. The van der Waals surface area contributed by atoms with Crippen LogP contribution in [-0.4, -0.2) is 42.1 Å². The molecule has 19 heavy (non-hydrogen) atoms. The maximum atomic E-state index is 11.9. The van der Waals surface area contributed by atoms with Gasteiger partial charge in [0.15, 0.2) is 0 Å². The number of pyridine rings is 1. The zero-order valence-electron chi connectivity index (χ0n) is 11.6. The van der Waals surface area contributed by atoms with Gasteiger partial charge in [0, 0.05) is 19.8 Å². The number of anilines is 1. The monoisotopic (exact) mass is 263 g/mol. The minimum Gasteiger partial charge on any atom is -0.465 e. The number of likely N-dealkylation sites (tertiary alicyclic amines) is 1. The fraction of sp³-hybridized carbons (Fsp3) is 0.571. The summed E-state index contributed by atoms with van der Waals surface area (Å²) in [5.41, 5.74) is 1.12. The quantitative estimate of drug-likeness (QED) is 0.819. The number of rotatable bonds is 5. The van der Waals surface area contributed by atoms with E-state index in [9.17, 15) is 4.79 Å². The van der Waals surface area contributed by atoms with Crippen molar-refractivity contribution in [3.8, 4) is 0 Å². The van der Waals surface area contributed by atoms with E-state index < -0.39 is 0 Å². The Labute approximate surface area is 114 Å². The van der Waals surface area contributed by atoms with Gasteiger partial charge < -0.3 is 10.1 Å². The Morgan fingerprint density at radius 1 is 1.58 bits per heavy atom. The van der Waals surface area contributed by atoms with Crippen LogP contribution in [0.1, 0.15) is 25.3 Å². The number of hydrogen-bond acceptors (Lipinski definition) is 5. The Hall–Kier alpha value is -1.62. The van der Waals surface area contributed by atoms with Crippen LogP contribution >= 0.6 is 0 Å². The minimum atomic E-state index is -0.0974. The first-order valence-electron chi connectivity index (χ1n) is 6.78. The lowest BCUT2D eigenvalue weighted by molar-refractivity contribution is -0.148. The normalized spacial score (nSPS) is 19.4. The average molecular weight is 263 g/mol. The molecule has 2 heterocycles. The van der Waals surface area contributed by atoms with Gasteiger partial charge in [-0.25, -0.2) is 4.98 Å². The van der Waals surface area contributed by atoms with Crippen LogP contribution in [-0.2, 0) is 16.1 Å². The number of nitrogens with one attached hydrogen (secondary N) is 1. The van der Waals surface area contributed by atoms with Gasteiger partial charge in [0.1, 0.15) is 11.9 Å². The predicted octanol–water partition coefficient (Wildman–Crippen LogP) is 1.65. The molecule has 104 valence electrons. The molecular formula is C14H21N3O2. The molecule has 0 radical (unpaired) electrons. The van der Waals surface area contributed by atoms with Crippen molar-refractivity contribution in [2.24, 2.45) is 0 Å². The van der Waals surface area contributed by atoms with Crippen molar-refractivity contribution in [1.29, 1.82) is 0 Å². The molecule has 0 aromatic carbocycles. The topological polar surface area (TPSA) is 54.5 Å². The van der Waals surface area contributed by atoms with Crippen LogP contribution < -0.4 is 5.32 Å². The van der Waals surface area contributed by atoms with E-state index in [-0.39, 0.29) is 12.0 Å². The molecule has 0 saturated carbocycles. The molecule has 1 aromatic heterocycles. The van der Waals surface area contributed by atoms with Crippen LogP contribution in [0.3, 0.4) is 0 Å². The number of ether oxygens (including phenoxy) is 1. The van der Waals surface area contributed by atoms with E-state index >= 15 is 0 Å². The highest BCUT2D eigenvalue weighted by atomic mass is 16.5. The van der Waals surface area contributed by atoms with E-state index in [0.29, 0.717) is 6.61 Å². The molecule has 0 amide bonds. The third-order valence-corrected chi connectivity index (χ3v) is 3.39. The van der Waals surface area contributed by atoms with Gasteiger partial charge in [0.05, 0.1) is 6.61 Å². The first-order chi connectivity index (χ1) is 9.24. The average Bonchev–Trinajstić information content (AvgIpc) is 2.88. The summed E-state index contributed by atoms with van der Waals surface area (Å²) in [6, 6.07) is 3.90. The molecular weight excluding hydrogens is 242 g/mol. The van der Waals surface area contributed by atoms with E-state index in [1.165, 1.54) is 0 Å². The Balaban J connectivity index is 1.98. The number of carbonyl (C=O) groups is 1. The number of esters is 1. The molecule has 5 nitrogen and oxygen atoms in total. The zero-order valence-corrected chi connectivity index (χ0v) is 11.6. The first kappa shape index (κ1) is 13.8. The van der Waals surface area contributed by atoms with Crippen molar-refractivity contribution < 1.29 is 9.53 Å². The van der Waals surface area contributed by atoms with Gasteiger partial charge in [-0.1, -0.05) is 6.07 Å². The van der Waals surface area contributed by atoms with Gasteiger partial charge in [-0.3, -0.25) is 9.69 Å². The van der Waals surface area contributed by atoms with Crippen molar-refractivity contribution in [1.82, 2.24) is 9.88 Å². The Kier molecular flexibility index (Phi) is 4.74. The standard InChI is InChI=1S/C14H21N3O2/c1-3-19-14(18)12-5-4-8-17(12)10-11-6-7-13(15-2)16-9-11/h6-7,9,12H,3-5,8,10H2,1-2H3,(H,15,16). The second-order valence-electron chi connectivity index (χ2n) is 4.68. The second-order valence-corrected chi connectivity index (χ2v) is 4.68. The van der Waals surface area contributed by atoms with Gasteiger partial charge in [-0.15, -0.1) is 0 Å². The van der Waals surface area contributed by atoms with Crippen LogP contribution in [0, 0.1) is 0 Å². The maximum absolute atomic E-state index is 11.9. The molecule has 1 aromatic rings. The molecule has 1 N–H and O–H groups in total. The zero-order chi connectivity index (χ0) is 13.7. The lowest BCUT2D eigenvalue weighted by Gasteiger charge is -2.22. The number of nitrogens with zero attached hydrogens (tertiary/aromatic N) is 2. The van der Waals surface area contributed by atoms with Crippen molar-refractivity contribution >= 4 is 11.8 Å². The molecule has 1 atom stereocenters. The van der Waals surface area contributed by atoms with Crippen LogP contribution in [0.5, 0.6) is 0 Å². The summed E-state index contributed by atoms with van der Waals surface area (Å²) in [4.78, 5) is 18.3. The molecule has 1 aliphatic rings. The van der Waals surface area contributed by atoms with Gasteiger partial charge >= 0.3 is 5.97 Å². The molecule has 1 fully saturated rings. The lowest BCUT2D eigenvalue weighted by Crippen LogP contribution is -2.36. The number of aromatic nitrogens is 1. The lowest BCUT2D eigenvalue weighted by atomic mass is 10.2. The number of hydrogen-bond donors (Lipinski definition) is 1. The van der Waals surface area contributed by atoms with Crippen molar-refractivity contribution in [3.63, 3.8) is 0 Å². The first-order valence-corrected chi connectivity index (χ1v) is 6.78. The predicted molar refractivity (Wildman–Crippen MR) is 73.8 cm³/mol. The smallest absolute Gasteiger partial charge is 0.323 e. The Morgan fingerprint density at radius 2 is 2.42 bits per heavy atom. The Morgan fingerprint density at radius 3 is 3.05 bits per heavy atom. The van der Waals surface area contributed by atoms with Gasteiger partial charge in [0.2, 0.25) is 0 Å². The summed E-state index contributed by atoms with van der Waals surface area (Å²) < 4.78 is 5.12. The highest BCUT2D eigenvalue weighted by Gasteiger charge is 2.31. The molecule has 1 saturated heterocycles. The summed E-state index contributed by atoms with van der Waals surface area (Å²) >= 11 is 0. The maximum Gasteiger partial charge on any atom is 0.323 e. The summed E-state index contributed by atoms with van der Waals surface area (Å²) in [6.07, 6.45) is 3.79. The second kappa shape index (κ2) is 6.52. The fourth-order valence-electron chi connectivity index (χ4n) is 2.42. The molecule has 0 spiro atoms. The SMILES string of the molecule is CCOC(=O)C1CCCN1Cc1ccc(NC)nc1.